The van der Waals surface area contributed by atoms with Crippen molar-refractivity contribution in [2.24, 2.45) is 10.6 Å². The number of halogens is 1. The maximum atomic E-state index is 13.1. The van der Waals surface area contributed by atoms with Gasteiger partial charge in [0.05, 0.1) is 13.1 Å². The molecule has 120 valence electrons. The highest BCUT2D eigenvalue weighted by Gasteiger charge is 2.52. The number of benzene rings is 1. The SMILES string of the molecule is CC(C)(C)C(=O)N1CC2(CC(C#Cc3cccc(F)c3)=NO2)C1. The molecule has 0 atom stereocenters. The molecule has 1 fully saturated rings. The van der Waals surface area contributed by atoms with Crippen LogP contribution in [0.3, 0.4) is 0 Å². The summed E-state index contributed by atoms with van der Waals surface area (Å²) in [5.74, 6) is 5.62. The van der Waals surface area contributed by atoms with E-state index in [9.17, 15) is 9.18 Å². The van der Waals surface area contributed by atoms with Crippen molar-refractivity contribution >= 4 is 11.6 Å². The predicted octanol–water partition coefficient (Wildman–Crippen LogP) is 2.58. The van der Waals surface area contributed by atoms with E-state index in [1.165, 1.54) is 12.1 Å². The van der Waals surface area contributed by atoms with Gasteiger partial charge < -0.3 is 9.74 Å². The second-order valence-electron chi connectivity index (χ2n) is 7.16. The summed E-state index contributed by atoms with van der Waals surface area (Å²) < 4.78 is 13.1. The third-order valence-electron chi connectivity index (χ3n) is 3.90. The summed E-state index contributed by atoms with van der Waals surface area (Å²) in [6.45, 7) is 6.79. The highest BCUT2D eigenvalue weighted by Crippen LogP contribution is 2.36. The molecular formula is C18H19FN2O2. The molecule has 0 bridgehead atoms. The smallest absolute Gasteiger partial charge is 0.228 e. The Morgan fingerprint density at radius 1 is 1.35 bits per heavy atom. The van der Waals surface area contributed by atoms with E-state index < -0.39 is 5.60 Å². The largest absolute Gasteiger partial charge is 0.384 e. The van der Waals surface area contributed by atoms with E-state index in [-0.39, 0.29) is 17.1 Å². The van der Waals surface area contributed by atoms with E-state index in [0.717, 1.165) is 0 Å². The van der Waals surface area contributed by atoms with Gasteiger partial charge in [-0.2, -0.15) is 0 Å². The first-order valence-corrected chi connectivity index (χ1v) is 7.60. The molecule has 4 nitrogen and oxygen atoms in total. The van der Waals surface area contributed by atoms with Gasteiger partial charge in [0.1, 0.15) is 11.5 Å². The zero-order chi connectivity index (χ0) is 16.7. The maximum Gasteiger partial charge on any atom is 0.228 e. The van der Waals surface area contributed by atoms with Crippen molar-refractivity contribution in [3.8, 4) is 11.8 Å². The number of rotatable bonds is 0. The van der Waals surface area contributed by atoms with Crippen molar-refractivity contribution < 1.29 is 14.0 Å². The molecular weight excluding hydrogens is 295 g/mol. The normalized spacial score (nSPS) is 18.6. The molecule has 0 radical (unpaired) electrons. The average molecular weight is 314 g/mol. The monoisotopic (exact) mass is 314 g/mol. The zero-order valence-electron chi connectivity index (χ0n) is 13.5. The van der Waals surface area contributed by atoms with Crippen LogP contribution >= 0.6 is 0 Å². The van der Waals surface area contributed by atoms with Crippen LogP contribution in [0.5, 0.6) is 0 Å². The topological polar surface area (TPSA) is 41.9 Å². The summed E-state index contributed by atoms with van der Waals surface area (Å²) in [5, 5.41) is 4.02. The summed E-state index contributed by atoms with van der Waals surface area (Å²) >= 11 is 0. The van der Waals surface area contributed by atoms with Gasteiger partial charge in [0, 0.05) is 17.4 Å². The minimum atomic E-state index is -0.424. The number of carbonyl (C=O) groups is 1. The minimum absolute atomic E-state index is 0.117. The Bertz CT molecular complexity index is 731. The molecule has 1 aromatic carbocycles. The number of likely N-dealkylation sites (tertiary alicyclic amines) is 1. The molecule has 2 heterocycles. The first-order valence-electron chi connectivity index (χ1n) is 7.60. The van der Waals surface area contributed by atoms with Crippen LogP contribution in [0.4, 0.5) is 4.39 Å². The fourth-order valence-corrected chi connectivity index (χ4v) is 2.74. The van der Waals surface area contributed by atoms with Crippen LogP contribution in [0.25, 0.3) is 0 Å². The number of carbonyl (C=O) groups excluding carboxylic acids is 1. The standard InChI is InChI=1S/C18H19FN2O2/c1-17(2,3)16(22)21-11-18(12-21)10-15(20-23-18)8-7-13-5-4-6-14(19)9-13/h4-6,9H,10-12H2,1-3H3. The van der Waals surface area contributed by atoms with Crippen molar-refractivity contribution in [1.29, 1.82) is 0 Å². The number of nitrogens with zero attached hydrogens (tertiary/aromatic N) is 2. The second kappa shape index (κ2) is 5.38. The Hall–Kier alpha value is -2.35. The molecule has 1 aromatic rings. The quantitative estimate of drug-likeness (QED) is 0.691. The lowest BCUT2D eigenvalue weighted by Gasteiger charge is -2.47. The van der Waals surface area contributed by atoms with E-state index in [1.54, 1.807) is 17.0 Å². The van der Waals surface area contributed by atoms with Gasteiger partial charge in [-0.05, 0) is 24.1 Å². The van der Waals surface area contributed by atoms with Crippen molar-refractivity contribution in [2.75, 3.05) is 13.1 Å². The summed E-state index contributed by atoms with van der Waals surface area (Å²) in [7, 11) is 0. The van der Waals surface area contributed by atoms with Gasteiger partial charge in [-0.25, -0.2) is 4.39 Å². The Morgan fingerprint density at radius 3 is 2.74 bits per heavy atom. The van der Waals surface area contributed by atoms with Crippen molar-refractivity contribution in [3.05, 3.63) is 35.6 Å². The van der Waals surface area contributed by atoms with E-state index in [1.807, 2.05) is 20.8 Å². The lowest BCUT2D eigenvalue weighted by molar-refractivity contribution is -0.169. The third-order valence-corrected chi connectivity index (χ3v) is 3.90. The van der Waals surface area contributed by atoms with Crippen LogP contribution < -0.4 is 0 Å². The highest BCUT2D eigenvalue weighted by molar-refractivity contribution is 6.02. The Kier molecular flexibility index (Phi) is 3.63. The lowest BCUT2D eigenvalue weighted by Crippen LogP contribution is -2.65. The number of oxime groups is 1. The summed E-state index contributed by atoms with van der Waals surface area (Å²) in [6.07, 6.45) is 0.587. The van der Waals surface area contributed by atoms with E-state index in [2.05, 4.69) is 17.0 Å². The first kappa shape index (κ1) is 15.5. The molecule has 1 spiro atoms. The van der Waals surface area contributed by atoms with Crippen LogP contribution in [0.1, 0.15) is 32.8 Å². The van der Waals surface area contributed by atoms with E-state index in [0.29, 0.717) is 30.8 Å². The predicted molar refractivity (Wildman–Crippen MR) is 85.2 cm³/mol. The Morgan fingerprint density at radius 2 is 2.09 bits per heavy atom. The number of hydrogen-bond donors (Lipinski definition) is 0. The van der Waals surface area contributed by atoms with Crippen molar-refractivity contribution in [3.63, 3.8) is 0 Å². The second-order valence-corrected chi connectivity index (χ2v) is 7.16. The molecule has 2 aliphatic heterocycles. The van der Waals surface area contributed by atoms with Crippen LogP contribution in [-0.2, 0) is 9.63 Å². The van der Waals surface area contributed by atoms with Gasteiger partial charge >= 0.3 is 0 Å². The molecule has 1 amide bonds. The molecule has 1 saturated heterocycles. The molecule has 5 heteroatoms. The highest BCUT2D eigenvalue weighted by atomic mass is 19.1. The third kappa shape index (κ3) is 3.21. The summed E-state index contributed by atoms with van der Waals surface area (Å²) in [6, 6.07) is 6.13. The Balaban J connectivity index is 1.59. The van der Waals surface area contributed by atoms with Crippen molar-refractivity contribution in [1.82, 2.24) is 4.90 Å². The van der Waals surface area contributed by atoms with Crippen molar-refractivity contribution in [2.45, 2.75) is 32.8 Å². The molecule has 3 rings (SSSR count). The zero-order valence-corrected chi connectivity index (χ0v) is 13.5. The van der Waals surface area contributed by atoms with Crippen LogP contribution in [-0.4, -0.2) is 35.2 Å². The molecule has 23 heavy (non-hydrogen) atoms. The fourth-order valence-electron chi connectivity index (χ4n) is 2.74. The number of hydrogen-bond acceptors (Lipinski definition) is 3. The minimum Gasteiger partial charge on any atom is -0.384 e. The van der Waals surface area contributed by atoms with E-state index >= 15 is 0 Å². The van der Waals surface area contributed by atoms with Gasteiger partial charge in [0.2, 0.25) is 5.91 Å². The van der Waals surface area contributed by atoms with Gasteiger partial charge in [0.25, 0.3) is 0 Å². The Labute approximate surface area is 135 Å². The van der Waals surface area contributed by atoms with Crippen LogP contribution in [0.2, 0.25) is 0 Å². The average Bonchev–Trinajstić information content (AvgIpc) is 2.86. The lowest BCUT2D eigenvalue weighted by atomic mass is 9.85. The summed E-state index contributed by atoms with van der Waals surface area (Å²) in [4.78, 5) is 19.5. The van der Waals surface area contributed by atoms with E-state index in [4.69, 9.17) is 4.84 Å². The molecule has 2 aliphatic rings. The van der Waals surface area contributed by atoms with Crippen LogP contribution in [0.15, 0.2) is 29.4 Å². The molecule has 0 aliphatic carbocycles. The molecule has 0 N–H and O–H groups in total. The van der Waals surface area contributed by atoms with Crippen LogP contribution in [0, 0.1) is 23.1 Å². The maximum absolute atomic E-state index is 13.1. The molecule has 0 unspecified atom stereocenters. The van der Waals surface area contributed by atoms with Gasteiger partial charge in [-0.15, -0.1) is 0 Å². The first-order chi connectivity index (χ1) is 10.8. The van der Waals surface area contributed by atoms with Gasteiger partial charge in [-0.3, -0.25) is 4.79 Å². The molecule has 0 aromatic heterocycles. The van der Waals surface area contributed by atoms with Gasteiger partial charge in [-0.1, -0.05) is 37.9 Å². The summed E-state index contributed by atoms with van der Waals surface area (Å²) in [5.41, 5.74) is 0.428. The van der Waals surface area contributed by atoms with Gasteiger partial charge in [0.15, 0.2) is 5.60 Å². The fraction of sp³-hybridized carbons (Fsp3) is 0.444. The molecule has 0 saturated carbocycles. The number of amides is 1.